The second-order valence-electron chi connectivity index (χ2n) is 5.37. The summed E-state index contributed by atoms with van der Waals surface area (Å²) in [5.41, 5.74) is 8.11. The topological polar surface area (TPSA) is 38.5 Å². The number of nitrogen functional groups attached to an aromatic ring is 1. The molecule has 0 unspecified atom stereocenters. The molecule has 0 bridgehead atoms. The maximum Gasteiger partial charge on any atom is 0.119 e. The molecule has 0 amide bonds. The van der Waals surface area contributed by atoms with Gasteiger partial charge >= 0.3 is 0 Å². The van der Waals surface area contributed by atoms with Crippen LogP contribution in [-0.2, 0) is 6.54 Å². The second kappa shape index (κ2) is 5.61. The number of likely N-dealkylation sites (tertiary alicyclic amines) is 1. The number of rotatable bonds is 3. The van der Waals surface area contributed by atoms with Crippen molar-refractivity contribution < 1.29 is 4.74 Å². The summed E-state index contributed by atoms with van der Waals surface area (Å²) in [6, 6.07) is 7.19. The highest BCUT2D eigenvalue weighted by atomic mass is 16.5. The van der Waals surface area contributed by atoms with Gasteiger partial charge in [0.15, 0.2) is 0 Å². The van der Waals surface area contributed by atoms with Crippen molar-refractivity contribution in [3.05, 3.63) is 23.8 Å². The maximum absolute atomic E-state index is 6.07. The maximum atomic E-state index is 6.07. The quantitative estimate of drug-likeness (QED) is 0.836. The minimum absolute atomic E-state index is 0.638. The van der Waals surface area contributed by atoms with Crippen molar-refractivity contribution in [1.82, 2.24) is 4.90 Å². The number of nitrogens with two attached hydrogens (primary N) is 1. The molecule has 100 valence electrons. The molecule has 18 heavy (non-hydrogen) atoms. The molecule has 1 aromatic rings. The molecule has 0 aliphatic carbocycles. The van der Waals surface area contributed by atoms with Crippen molar-refractivity contribution in [2.45, 2.75) is 51.7 Å². The Labute approximate surface area is 110 Å². The van der Waals surface area contributed by atoms with E-state index in [1.54, 1.807) is 7.11 Å². The van der Waals surface area contributed by atoms with E-state index >= 15 is 0 Å². The third kappa shape index (κ3) is 2.78. The lowest BCUT2D eigenvalue weighted by Gasteiger charge is -2.39. The van der Waals surface area contributed by atoms with Crippen molar-refractivity contribution in [3.8, 4) is 5.75 Å². The van der Waals surface area contributed by atoms with Gasteiger partial charge < -0.3 is 10.5 Å². The molecular formula is C15H24N2O. The molecule has 2 N–H and O–H groups in total. The van der Waals surface area contributed by atoms with E-state index in [2.05, 4.69) is 24.8 Å². The first-order chi connectivity index (χ1) is 8.61. The van der Waals surface area contributed by atoms with Crippen LogP contribution in [0.5, 0.6) is 5.75 Å². The van der Waals surface area contributed by atoms with Gasteiger partial charge in [-0.3, -0.25) is 4.90 Å². The summed E-state index contributed by atoms with van der Waals surface area (Å²) in [6.07, 6.45) is 3.91. The molecule has 1 saturated heterocycles. The summed E-state index contributed by atoms with van der Waals surface area (Å²) < 4.78 is 5.28. The number of hydrogen-bond donors (Lipinski definition) is 1. The lowest BCUT2D eigenvalue weighted by atomic mass is 9.96. The number of anilines is 1. The van der Waals surface area contributed by atoms with Crippen molar-refractivity contribution in [2.24, 2.45) is 0 Å². The minimum atomic E-state index is 0.638. The van der Waals surface area contributed by atoms with Crippen molar-refractivity contribution in [3.63, 3.8) is 0 Å². The summed E-state index contributed by atoms with van der Waals surface area (Å²) in [5.74, 6) is 0.886. The summed E-state index contributed by atoms with van der Waals surface area (Å²) in [7, 11) is 1.70. The lowest BCUT2D eigenvalue weighted by molar-refractivity contribution is 0.0954. The lowest BCUT2D eigenvalue weighted by Crippen LogP contribution is -2.43. The molecule has 1 fully saturated rings. The Balaban J connectivity index is 2.16. The third-order valence-corrected chi connectivity index (χ3v) is 4.08. The van der Waals surface area contributed by atoms with Crippen LogP contribution in [0, 0.1) is 0 Å². The van der Waals surface area contributed by atoms with E-state index in [-0.39, 0.29) is 0 Å². The normalized spacial score (nSPS) is 25.1. The Morgan fingerprint density at radius 1 is 1.28 bits per heavy atom. The van der Waals surface area contributed by atoms with Crippen LogP contribution >= 0.6 is 0 Å². The van der Waals surface area contributed by atoms with E-state index in [0.29, 0.717) is 12.1 Å². The number of piperidine rings is 1. The van der Waals surface area contributed by atoms with Gasteiger partial charge in [0.25, 0.3) is 0 Å². The predicted molar refractivity (Wildman–Crippen MR) is 75.7 cm³/mol. The fourth-order valence-electron chi connectivity index (χ4n) is 2.83. The van der Waals surface area contributed by atoms with Crippen LogP contribution in [0.25, 0.3) is 0 Å². The average molecular weight is 248 g/mol. The van der Waals surface area contributed by atoms with E-state index in [0.717, 1.165) is 18.0 Å². The zero-order valence-corrected chi connectivity index (χ0v) is 11.6. The van der Waals surface area contributed by atoms with Gasteiger partial charge in [-0.2, -0.15) is 0 Å². The van der Waals surface area contributed by atoms with Crippen LogP contribution in [0.3, 0.4) is 0 Å². The Hall–Kier alpha value is -1.22. The molecule has 0 spiro atoms. The van der Waals surface area contributed by atoms with Gasteiger partial charge in [0.1, 0.15) is 5.75 Å². The SMILES string of the molecule is COc1ccc(N)c(CN2[C@H](C)CCC[C@@H]2C)c1. The van der Waals surface area contributed by atoms with Gasteiger partial charge in [-0.25, -0.2) is 0 Å². The summed E-state index contributed by atoms with van der Waals surface area (Å²) in [4.78, 5) is 2.55. The zero-order chi connectivity index (χ0) is 13.1. The van der Waals surface area contributed by atoms with Crippen LogP contribution in [-0.4, -0.2) is 24.1 Å². The number of ether oxygens (including phenoxy) is 1. The van der Waals surface area contributed by atoms with Gasteiger partial charge in [0.2, 0.25) is 0 Å². The van der Waals surface area contributed by atoms with Crippen LogP contribution in [0.1, 0.15) is 38.7 Å². The third-order valence-electron chi connectivity index (χ3n) is 4.08. The molecule has 0 radical (unpaired) electrons. The summed E-state index contributed by atoms with van der Waals surface area (Å²) >= 11 is 0. The number of methoxy groups -OCH3 is 1. The van der Waals surface area contributed by atoms with E-state index in [1.807, 2.05) is 12.1 Å². The molecular weight excluding hydrogens is 224 g/mol. The van der Waals surface area contributed by atoms with Crippen LogP contribution in [0.4, 0.5) is 5.69 Å². The number of benzene rings is 1. The minimum Gasteiger partial charge on any atom is -0.497 e. The Kier molecular flexibility index (Phi) is 4.12. The van der Waals surface area contributed by atoms with Crippen LogP contribution < -0.4 is 10.5 Å². The smallest absolute Gasteiger partial charge is 0.119 e. The van der Waals surface area contributed by atoms with Gasteiger partial charge in [-0.1, -0.05) is 6.42 Å². The van der Waals surface area contributed by atoms with Crippen molar-refractivity contribution in [1.29, 1.82) is 0 Å². The van der Waals surface area contributed by atoms with Gasteiger partial charge in [0, 0.05) is 24.3 Å². The van der Waals surface area contributed by atoms with Crippen molar-refractivity contribution in [2.75, 3.05) is 12.8 Å². The summed E-state index contributed by atoms with van der Waals surface area (Å²) in [6.45, 7) is 5.55. The van der Waals surface area contributed by atoms with Gasteiger partial charge in [0.05, 0.1) is 7.11 Å². The number of nitrogens with zero attached hydrogens (tertiary/aromatic N) is 1. The van der Waals surface area contributed by atoms with Gasteiger partial charge in [-0.05, 0) is 50.5 Å². The van der Waals surface area contributed by atoms with E-state index < -0.39 is 0 Å². The standard InChI is InChI=1S/C15H24N2O/c1-11-5-4-6-12(2)17(11)10-13-9-14(18-3)7-8-15(13)16/h7-9,11-12H,4-6,10,16H2,1-3H3/t11-,12+. The molecule has 3 heteroatoms. The van der Waals surface area contributed by atoms with E-state index in [1.165, 1.54) is 24.8 Å². The van der Waals surface area contributed by atoms with Crippen molar-refractivity contribution >= 4 is 5.69 Å². The first kappa shape index (κ1) is 13.2. The number of hydrogen-bond acceptors (Lipinski definition) is 3. The molecule has 2 atom stereocenters. The highest BCUT2D eigenvalue weighted by Crippen LogP contribution is 2.27. The highest BCUT2D eigenvalue weighted by Gasteiger charge is 2.25. The van der Waals surface area contributed by atoms with E-state index in [4.69, 9.17) is 10.5 Å². The van der Waals surface area contributed by atoms with Crippen LogP contribution in [0.15, 0.2) is 18.2 Å². The monoisotopic (exact) mass is 248 g/mol. The first-order valence-electron chi connectivity index (χ1n) is 6.80. The molecule has 1 aliphatic rings. The second-order valence-corrected chi connectivity index (χ2v) is 5.37. The highest BCUT2D eigenvalue weighted by molar-refractivity contribution is 5.50. The molecule has 0 saturated carbocycles. The Morgan fingerprint density at radius 2 is 1.94 bits per heavy atom. The molecule has 3 nitrogen and oxygen atoms in total. The average Bonchev–Trinajstić information content (AvgIpc) is 2.36. The molecule has 2 rings (SSSR count). The first-order valence-corrected chi connectivity index (χ1v) is 6.80. The fraction of sp³-hybridized carbons (Fsp3) is 0.600. The van der Waals surface area contributed by atoms with Gasteiger partial charge in [-0.15, -0.1) is 0 Å². The molecule has 0 aromatic heterocycles. The fourth-order valence-corrected chi connectivity index (χ4v) is 2.83. The zero-order valence-electron chi connectivity index (χ0n) is 11.6. The molecule has 1 aromatic carbocycles. The molecule has 1 aliphatic heterocycles. The Morgan fingerprint density at radius 3 is 2.56 bits per heavy atom. The molecule has 1 heterocycles. The summed E-state index contributed by atoms with van der Waals surface area (Å²) in [5, 5.41) is 0. The van der Waals surface area contributed by atoms with Crippen LogP contribution in [0.2, 0.25) is 0 Å². The van der Waals surface area contributed by atoms with E-state index in [9.17, 15) is 0 Å². The Bertz CT molecular complexity index is 395. The largest absolute Gasteiger partial charge is 0.497 e. The predicted octanol–water partition coefficient (Wildman–Crippen LogP) is 3.04.